The van der Waals surface area contributed by atoms with Gasteiger partial charge in [-0.2, -0.15) is 0 Å². The van der Waals surface area contributed by atoms with E-state index < -0.39 is 5.97 Å². The summed E-state index contributed by atoms with van der Waals surface area (Å²) in [5.41, 5.74) is 8.28. The van der Waals surface area contributed by atoms with E-state index in [1.807, 2.05) is 24.5 Å². The first-order valence-corrected chi connectivity index (χ1v) is 29.3. The van der Waals surface area contributed by atoms with Crippen LogP contribution in [0.2, 0.25) is 0 Å². The average molecular weight is 1090 g/mol. The molecule has 4 saturated heterocycles. The van der Waals surface area contributed by atoms with Crippen molar-refractivity contribution in [3.05, 3.63) is 82.1 Å². The SMILES string of the molecule is COC(=O)CCCOc1c(C)cc2cccnc2c1N1CCCN(Cc2csc(N3CCC(O)CC3)n2)CC1.Cc1cc2cccnc2c(N2CCCN(Cc3csc(N4CCC(O)CC4)n3)CC2)c1OCCCC(=O)O. The number of aliphatic carboxylic acids is 1. The Morgan fingerprint density at radius 3 is 1.51 bits per heavy atom. The minimum atomic E-state index is -0.805. The minimum absolute atomic E-state index is 0.0942. The Morgan fingerprint density at radius 2 is 1.06 bits per heavy atom. The summed E-state index contributed by atoms with van der Waals surface area (Å²) >= 11 is 3.41. The predicted octanol–water partition coefficient (Wildman–Crippen LogP) is 7.92. The van der Waals surface area contributed by atoms with Crippen molar-refractivity contribution in [2.45, 2.75) is 103 Å². The number of carbonyl (C=O) groups excluding carboxylic acids is 1. The van der Waals surface area contributed by atoms with Gasteiger partial charge >= 0.3 is 11.9 Å². The van der Waals surface area contributed by atoms with E-state index in [0.717, 1.165) is 208 Å². The number of ether oxygens (including phenoxy) is 3. The van der Waals surface area contributed by atoms with Crippen molar-refractivity contribution in [3.63, 3.8) is 0 Å². The van der Waals surface area contributed by atoms with Crippen molar-refractivity contribution in [1.82, 2.24) is 29.7 Å². The maximum Gasteiger partial charge on any atom is 0.305 e. The molecule has 18 nitrogen and oxygen atoms in total. The second-order valence-electron chi connectivity index (χ2n) is 20.7. The zero-order valence-corrected chi connectivity index (χ0v) is 46.6. The van der Waals surface area contributed by atoms with Crippen LogP contribution in [0.5, 0.6) is 11.5 Å². The van der Waals surface area contributed by atoms with Gasteiger partial charge in [0, 0.05) is 138 Å². The van der Waals surface area contributed by atoms with Crippen molar-refractivity contribution in [2.24, 2.45) is 0 Å². The van der Waals surface area contributed by atoms with Gasteiger partial charge in [-0.25, -0.2) is 9.97 Å². The van der Waals surface area contributed by atoms with E-state index in [1.165, 1.54) is 7.11 Å². The second-order valence-corrected chi connectivity index (χ2v) is 22.4. The molecule has 0 spiro atoms. The molecule has 0 atom stereocenters. The maximum absolute atomic E-state index is 11.6. The van der Waals surface area contributed by atoms with Crippen molar-refractivity contribution in [1.29, 1.82) is 0 Å². The van der Waals surface area contributed by atoms with Gasteiger partial charge < -0.3 is 49.1 Å². The Kier molecular flexibility index (Phi) is 19.7. The Hall–Kier alpha value is -5.90. The fraction of sp³-hybridized carbons (Fsp3) is 0.544. The first-order chi connectivity index (χ1) is 37.5. The van der Waals surface area contributed by atoms with Crippen LogP contribution in [0.15, 0.2) is 59.6 Å². The molecule has 0 saturated carbocycles. The van der Waals surface area contributed by atoms with E-state index in [-0.39, 0.29) is 24.6 Å². The highest BCUT2D eigenvalue weighted by molar-refractivity contribution is 7.14. The van der Waals surface area contributed by atoms with Crippen molar-refractivity contribution in [3.8, 4) is 11.5 Å². The lowest BCUT2D eigenvalue weighted by Gasteiger charge is -2.29. The number of methoxy groups -OCH3 is 1. The second kappa shape index (κ2) is 27.1. The molecule has 4 fully saturated rings. The molecule has 0 bridgehead atoms. The zero-order chi connectivity index (χ0) is 53.7. The van der Waals surface area contributed by atoms with Crippen LogP contribution in [0.4, 0.5) is 21.6 Å². The fourth-order valence-electron chi connectivity index (χ4n) is 10.8. The van der Waals surface area contributed by atoms with Gasteiger partial charge in [-0.3, -0.25) is 29.4 Å². The molecule has 0 unspecified atom stereocenters. The molecule has 20 heteroatoms. The van der Waals surface area contributed by atoms with Gasteiger partial charge in [-0.1, -0.05) is 12.1 Å². The van der Waals surface area contributed by atoms with Crippen LogP contribution in [0.25, 0.3) is 21.8 Å². The smallest absolute Gasteiger partial charge is 0.305 e. The molecule has 2 aromatic carbocycles. The summed E-state index contributed by atoms with van der Waals surface area (Å²) in [7, 11) is 1.41. The molecule has 77 heavy (non-hydrogen) atoms. The lowest BCUT2D eigenvalue weighted by molar-refractivity contribution is -0.141. The predicted molar refractivity (Wildman–Crippen MR) is 305 cm³/mol. The summed E-state index contributed by atoms with van der Waals surface area (Å²) in [6.07, 6.45) is 10.1. The molecule has 4 aromatic heterocycles. The van der Waals surface area contributed by atoms with Gasteiger partial charge in [0.15, 0.2) is 10.3 Å². The molecular weight excluding hydrogens is 1020 g/mol. The van der Waals surface area contributed by atoms with E-state index in [2.05, 4.69) is 78.3 Å². The highest BCUT2D eigenvalue weighted by Crippen LogP contribution is 2.41. The summed E-state index contributed by atoms with van der Waals surface area (Å²) in [5.74, 6) is 0.645. The van der Waals surface area contributed by atoms with Gasteiger partial charge in [-0.05, 0) is 101 Å². The van der Waals surface area contributed by atoms with E-state index in [4.69, 9.17) is 39.3 Å². The standard InChI is InChI=1S/C29H39N5O4S.C28H37N5O4S/c1-21-18-22-6-3-10-30-26(22)27(28(21)38-17-4-7-25(36)37-2)33-12-5-11-32(15-16-33)19-23-20-39-29(31-23)34-13-8-24(35)9-14-34;1-20-17-21-5-2-9-29-25(21)26(27(20)37-16-3-6-24(35)36)32-11-4-10-31(14-15-32)18-22-19-38-28(30-22)33-12-7-23(34)8-13-33/h3,6,10,18,20,24,35H,4-5,7-9,11-17,19H2,1-2H3;2,5,9,17,19,23,34H,3-4,6-8,10-16,18H2,1H3,(H,35,36). The number of rotatable bonds is 18. The number of benzene rings is 2. The highest BCUT2D eigenvalue weighted by Gasteiger charge is 2.27. The number of piperidine rings is 2. The van der Waals surface area contributed by atoms with Crippen LogP contribution in [0.1, 0.15) is 86.7 Å². The number of esters is 1. The van der Waals surface area contributed by atoms with E-state index in [9.17, 15) is 19.8 Å². The monoisotopic (exact) mass is 1090 g/mol. The maximum atomic E-state index is 11.6. The van der Waals surface area contributed by atoms with Crippen LogP contribution in [0, 0.1) is 13.8 Å². The molecule has 414 valence electrons. The normalized spacial score (nSPS) is 17.5. The number of nitrogens with zero attached hydrogens (tertiary/aromatic N) is 10. The number of aryl methyl sites for hydroxylation is 2. The van der Waals surface area contributed by atoms with Crippen LogP contribution >= 0.6 is 22.7 Å². The summed E-state index contributed by atoms with van der Waals surface area (Å²) in [6, 6.07) is 12.4. The average Bonchev–Trinajstić information content (AvgIpc) is 3.96. The summed E-state index contributed by atoms with van der Waals surface area (Å²) in [5, 5.41) is 37.3. The first kappa shape index (κ1) is 55.8. The molecule has 4 aliphatic rings. The van der Waals surface area contributed by atoms with Crippen molar-refractivity contribution >= 4 is 78.1 Å². The van der Waals surface area contributed by atoms with Crippen LogP contribution in [-0.2, 0) is 27.4 Å². The van der Waals surface area contributed by atoms with Crippen LogP contribution in [0.3, 0.4) is 0 Å². The third-order valence-electron chi connectivity index (χ3n) is 14.9. The molecule has 0 amide bonds. The summed E-state index contributed by atoms with van der Waals surface area (Å²) < 4.78 is 17.3. The number of aromatic nitrogens is 4. The Balaban J connectivity index is 0.000000188. The molecule has 10 rings (SSSR count). The van der Waals surface area contributed by atoms with Gasteiger partial charge in [0.05, 0.1) is 55.0 Å². The number of carbonyl (C=O) groups is 2. The summed E-state index contributed by atoms with van der Waals surface area (Å²) in [6.45, 7) is 17.4. The van der Waals surface area contributed by atoms with Crippen molar-refractivity contribution in [2.75, 3.05) is 118 Å². The number of anilines is 4. The van der Waals surface area contributed by atoms with Crippen LogP contribution in [-0.4, -0.2) is 168 Å². The van der Waals surface area contributed by atoms with Crippen LogP contribution < -0.4 is 29.1 Å². The number of thiazole rings is 2. The number of hydrogen-bond acceptors (Lipinski definition) is 19. The van der Waals surface area contributed by atoms with Gasteiger partial charge in [-0.15, -0.1) is 22.7 Å². The highest BCUT2D eigenvalue weighted by atomic mass is 32.1. The fourth-order valence-corrected chi connectivity index (χ4v) is 12.5. The van der Waals surface area contributed by atoms with E-state index in [0.29, 0.717) is 32.5 Å². The Morgan fingerprint density at radius 1 is 0.610 bits per heavy atom. The molecular formula is C57H76N10O8S2. The summed E-state index contributed by atoms with van der Waals surface area (Å²) in [4.78, 5) is 56.2. The molecule has 0 aliphatic carbocycles. The number of pyridine rings is 2. The Labute approximate surface area is 460 Å². The number of carboxylic acids is 1. The molecule has 4 aliphatic heterocycles. The number of aliphatic hydroxyl groups is 2. The van der Waals surface area contributed by atoms with Gasteiger partial charge in [0.1, 0.15) is 22.9 Å². The number of hydrogen-bond donors (Lipinski definition) is 3. The third-order valence-corrected chi connectivity index (χ3v) is 16.8. The number of aliphatic hydroxyl groups excluding tert-OH is 2. The quantitative estimate of drug-likeness (QED) is 0.0555. The lowest BCUT2D eigenvalue weighted by Crippen LogP contribution is -2.35. The minimum Gasteiger partial charge on any atom is -0.491 e. The molecule has 6 aromatic rings. The number of carboxylic acid groups (broad SMARTS) is 1. The zero-order valence-electron chi connectivity index (χ0n) is 45.0. The molecule has 3 N–H and O–H groups in total. The Bertz CT molecular complexity index is 2890. The topological polar surface area (TPSA) is 194 Å². The van der Waals surface area contributed by atoms with E-state index >= 15 is 0 Å². The third kappa shape index (κ3) is 14.8. The number of fused-ring (bicyclic) bond motifs is 2. The first-order valence-electron chi connectivity index (χ1n) is 27.5. The molecule has 8 heterocycles. The van der Waals surface area contributed by atoms with E-state index in [1.54, 1.807) is 22.7 Å². The lowest BCUT2D eigenvalue weighted by atomic mass is 10.1. The molecule has 0 radical (unpaired) electrons. The van der Waals surface area contributed by atoms with Gasteiger partial charge in [0.2, 0.25) is 0 Å². The largest absolute Gasteiger partial charge is 0.491 e. The van der Waals surface area contributed by atoms with Gasteiger partial charge in [0.25, 0.3) is 0 Å². The van der Waals surface area contributed by atoms with Crippen molar-refractivity contribution < 1.29 is 39.1 Å².